The van der Waals surface area contributed by atoms with Gasteiger partial charge in [-0.05, 0) is 45.9 Å². The summed E-state index contributed by atoms with van der Waals surface area (Å²) in [6.07, 6.45) is 0. The number of ether oxygens (including phenoxy) is 1. The molecule has 3 aromatic rings. The van der Waals surface area contributed by atoms with Gasteiger partial charge in [-0.1, -0.05) is 15.9 Å². The molecule has 0 aliphatic rings. The molecule has 0 fully saturated rings. The number of hydrogen-bond acceptors (Lipinski definition) is 4. The number of fused-ring (bicyclic) bond motifs is 1. The maximum atomic E-state index is 5.57. The molecule has 0 aliphatic carbocycles. The van der Waals surface area contributed by atoms with Crippen LogP contribution in [0.15, 0.2) is 28.7 Å². The van der Waals surface area contributed by atoms with Crippen molar-refractivity contribution in [2.24, 2.45) is 0 Å². The fourth-order valence-corrected chi connectivity index (χ4v) is 3.17. The van der Waals surface area contributed by atoms with Gasteiger partial charge in [-0.3, -0.25) is 0 Å². The van der Waals surface area contributed by atoms with Crippen molar-refractivity contribution in [2.45, 2.75) is 33.7 Å². The van der Waals surface area contributed by atoms with E-state index in [1.165, 1.54) is 0 Å². The van der Waals surface area contributed by atoms with E-state index in [1.54, 1.807) is 7.11 Å². The average molecular weight is 389 g/mol. The van der Waals surface area contributed by atoms with Gasteiger partial charge in [-0.2, -0.15) is 9.61 Å². The Morgan fingerprint density at radius 3 is 2.62 bits per heavy atom. The lowest BCUT2D eigenvalue weighted by molar-refractivity contribution is 0.416. The molecule has 1 N–H and O–H groups in total. The van der Waals surface area contributed by atoms with Crippen molar-refractivity contribution in [3.63, 3.8) is 0 Å². The Hall–Kier alpha value is -2.08. The molecule has 3 rings (SSSR count). The monoisotopic (exact) mass is 388 g/mol. The normalized spacial score (nSPS) is 11.3. The minimum absolute atomic E-state index is 0.310. The maximum Gasteiger partial charge on any atom is 0.165 e. The van der Waals surface area contributed by atoms with Gasteiger partial charge < -0.3 is 10.1 Å². The van der Waals surface area contributed by atoms with Gasteiger partial charge in [0.25, 0.3) is 0 Å². The van der Waals surface area contributed by atoms with Crippen molar-refractivity contribution < 1.29 is 4.74 Å². The van der Waals surface area contributed by atoms with Crippen LogP contribution in [0.25, 0.3) is 16.8 Å². The van der Waals surface area contributed by atoms with E-state index in [0.717, 1.165) is 44.2 Å². The number of aryl methyl sites for hydroxylation is 2. The summed E-state index contributed by atoms with van der Waals surface area (Å²) in [7, 11) is 1.68. The van der Waals surface area contributed by atoms with Crippen molar-refractivity contribution in [3.8, 4) is 16.9 Å². The fraction of sp³-hybridized carbons (Fsp3) is 0.333. The quantitative estimate of drug-likeness (QED) is 0.708. The molecule has 5 nitrogen and oxygen atoms in total. The molecule has 2 heterocycles. The van der Waals surface area contributed by atoms with Crippen LogP contribution in [-0.2, 0) is 0 Å². The first-order chi connectivity index (χ1) is 11.4. The van der Waals surface area contributed by atoms with Gasteiger partial charge in [0.15, 0.2) is 5.65 Å². The minimum Gasteiger partial charge on any atom is -0.496 e. The van der Waals surface area contributed by atoms with Crippen LogP contribution in [0, 0.1) is 13.8 Å². The number of halogens is 1. The van der Waals surface area contributed by atoms with E-state index in [1.807, 2.05) is 42.6 Å². The molecule has 0 amide bonds. The number of nitrogens with one attached hydrogen (secondary N) is 1. The lowest BCUT2D eigenvalue weighted by atomic mass is 10.1. The van der Waals surface area contributed by atoms with E-state index in [2.05, 4.69) is 35.1 Å². The molecular weight excluding hydrogens is 368 g/mol. The van der Waals surface area contributed by atoms with Crippen LogP contribution in [0.5, 0.6) is 5.75 Å². The van der Waals surface area contributed by atoms with Crippen LogP contribution in [0.4, 0.5) is 5.82 Å². The Kier molecular flexibility index (Phi) is 4.49. The summed E-state index contributed by atoms with van der Waals surface area (Å²) in [5, 5.41) is 8.15. The molecule has 0 bridgehead atoms. The van der Waals surface area contributed by atoms with Crippen molar-refractivity contribution in [3.05, 3.63) is 40.1 Å². The molecule has 6 heteroatoms. The predicted molar refractivity (Wildman–Crippen MR) is 101 cm³/mol. The van der Waals surface area contributed by atoms with Crippen LogP contribution in [0.1, 0.15) is 25.2 Å². The third kappa shape index (κ3) is 2.98. The maximum absolute atomic E-state index is 5.57. The smallest absolute Gasteiger partial charge is 0.165 e. The summed E-state index contributed by atoms with van der Waals surface area (Å²) in [5.41, 5.74) is 4.68. The molecule has 0 aliphatic heterocycles. The Bertz CT molecular complexity index is 902. The van der Waals surface area contributed by atoms with Gasteiger partial charge in [-0.15, -0.1) is 0 Å². The Balaban J connectivity index is 2.30. The predicted octanol–water partition coefficient (Wildman–Crippen LogP) is 4.60. The van der Waals surface area contributed by atoms with Crippen LogP contribution in [0.2, 0.25) is 0 Å². The summed E-state index contributed by atoms with van der Waals surface area (Å²) in [6, 6.07) is 8.32. The lowest BCUT2D eigenvalue weighted by Crippen LogP contribution is -2.14. The standard InChI is InChI=1S/C18H21BrN4O/c1-10(2)20-16-8-11(3)21-18-17(12(4)22-23(16)18)14-7-6-13(19)9-15(14)24-5/h6-10,20H,1-5H3. The highest BCUT2D eigenvalue weighted by Gasteiger charge is 2.19. The fourth-order valence-electron chi connectivity index (χ4n) is 2.83. The molecule has 1 aromatic carbocycles. The number of methoxy groups -OCH3 is 1. The molecule has 0 radical (unpaired) electrons. The Labute approximate surface area is 150 Å². The van der Waals surface area contributed by atoms with Crippen LogP contribution in [-0.4, -0.2) is 27.7 Å². The second-order valence-corrected chi connectivity index (χ2v) is 7.04. The number of nitrogens with zero attached hydrogens (tertiary/aromatic N) is 3. The molecule has 24 heavy (non-hydrogen) atoms. The number of rotatable bonds is 4. The van der Waals surface area contributed by atoms with Crippen molar-refractivity contribution >= 4 is 27.4 Å². The van der Waals surface area contributed by atoms with E-state index in [0.29, 0.717) is 6.04 Å². The van der Waals surface area contributed by atoms with Crippen molar-refractivity contribution in [1.82, 2.24) is 14.6 Å². The molecule has 0 unspecified atom stereocenters. The number of benzene rings is 1. The third-order valence-electron chi connectivity index (χ3n) is 3.76. The summed E-state index contributed by atoms with van der Waals surface area (Å²) >= 11 is 3.49. The highest BCUT2D eigenvalue weighted by atomic mass is 79.9. The Morgan fingerprint density at radius 1 is 1.21 bits per heavy atom. The van der Waals surface area contributed by atoms with E-state index in [-0.39, 0.29) is 0 Å². The van der Waals surface area contributed by atoms with E-state index in [4.69, 9.17) is 14.8 Å². The molecular formula is C18H21BrN4O. The SMILES string of the molecule is COc1cc(Br)ccc1-c1c(C)nn2c(NC(C)C)cc(C)nc12. The first kappa shape index (κ1) is 16.8. The highest BCUT2D eigenvalue weighted by molar-refractivity contribution is 9.10. The van der Waals surface area contributed by atoms with Gasteiger partial charge in [0.05, 0.1) is 18.4 Å². The zero-order chi connectivity index (χ0) is 17.4. The molecule has 126 valence electrons. The summed E-state index contributed by atoms with van der Waals surface area (Å²) in [6.45, 7) is 8.21. The van der Waals surface area contributed by atoms with Crippen LogP contribution < -0.4 is 10.1 Å². The van der Waals surface area contributed by atoms with Crippen molar-refractivity contribution in [2.75, 3.05) is 12.4 Å². The molecule has 0 saturated carbocycles. The number of anilines is 1. The zero-order valence-corrected chi connectivity index (χ0v) is 16.1. The molecule has 0 atom stereocenters. The minimum atomic E-state index is 0.310. The third-order valence-corrected chi connectivity index (χ3v) is 4.25. The summed E-state index contributed by atoms with van der Waals surface area (Å²) < 4.78 is 8.42. The lowest BCUT2D eigenvalue weighted by Gasteiger charge is -2.13. The number of hydrogen-bond donors (Lipinski definition) is 1. The molecule has 0 saturated heterocycles. The zero-order valence-electron chi connectivity index (χ0n) is 14.5. The summed E-state index contributed by atoms with van der Waals surface area (Å²) in [4.78, 5) is 4.73. The first-order valence-electron chi connectivity index (χ1n) is 7.88. The Morgan fingerprint density at radius 2 is 1.96 bits per heavy atom. The van der Waals surface area contributed by atoms with E-state index >= 15 is 0 Å². The van der Waals surface area contributed by atoms with Gasteiger partial charge in [0.1, 0.15) is 11.6 Å². The average Bonchev–Trinajstić information content (AvgIpc) is 2.83. The first-order valence-corrected chi connectivity index (χ1v) is 8.67. The van der Waals surface area contributed by atoms with E-state index in [9.17, 15) is 0 Å². The van der Waals surface area contributed by atoms with E-state index < -0.39 is 0 Å². The largest absolute Gasteiger partial charge is 0.496 e. The van der Waals surface area contributed by atoms with Crippen molar-refractivity contribution in [1.29, 1.82) is 0 Å². The second kappa shape index (κ2) is 6.43. The summed E-state index contributed by atoms with van der Waals surface area (Å²) in [5.74, 6) is 1.74. The highest BCUT2D eigenvalue weighted by Crippen LogP contribution is 2.37. The second-order valence-electron chi connectivity index (χ2n) is 6.12. The molecule has 2 aromatic heterocycles. The van der Waals surface area contributed by atoms with Gasteiger partial charge in [0, 0.05) is 27.8 Å². The van der Waals surface area contributed by atoms with Crippen LogP contribution in [0.3, 0.4) is 0 Å². The topological polar surface area (TPSA) is 51.5 Å². The molecule has 0 spiro atoms. The van der Waals surface area contributed by atoms with Crippen LogP contribution >= 0.6 is 15.9 Å². The van der Waals surface area contributed by atoms with Gasteiger partial charge in [-0.25, -0.2) is 4.98 Å². The van der Waals surface area contributed by atoms with Gasteiger partial charge >= 0.3 is 0 Å². The number of aromatic nitrogens is 3. The van der Waals surface area contributed by atoms with Gasteiger partial charge in [0.2, 0.25) is 0 Å².